The van der Waals surface area contributed by atoms with Crippen LogP contribution < -0.4 is 10.2 Å². The van der Waals surface area contributed by atoms with Crippen molar-refractivity contribution in [2.24, 2.45) is 5.92 Å². The maximum absolute atomic E-state index is 12.4. The van der Waals surface area contributed by atoms with E-state index in [4.69, 9.17) is 4.74 Å². The van der Waals surface area contributed by atoms with Crippen molar-refractivity contribution in [3.8, 4) is 5.75 Å². The minimum absolute atomic E-state index is 0.166. The SMILES string of the molecule is CCCCC[C@H](CN(O)C=O)C(=O)N(O)Nc1ncccc1OC. The van der Waals surface area contributed by atoms with Crippen LogP contribution in [0.25, 0.3) is 0 Å². The van der Waals surface area contributed by atoms with E-state index in [-0.39, 0.29) is 18.8 Å². The molecule has 0 aliphatic heterocycles. The third kappa shape index (κ3) is 6.01. The van der Waals surface area contributed by atoms with Gasteiger partial charge in [-0.1, -0.05) is 26.2 Å². The molecule has 1 aromatic rings. The van der Waals surface area contributed by atoms with Gasteiger partial charge in [0.2, 0.25) is 6.41 Å². The Bertz CT molecular complexity index is 528. The van der Waals surface area contributed by atoms with Crippen LogP contribution in [0.1, 0.15) is 32.6 Å². The van der Waals surface area contributed by atoms with E-state index in [0.29, 0.717) is 22.4 Å². The smallest absolute Gasteiger partial charge is 0.271 e. The first-order valence-electron chi connectivity index (χ1n) is 7.72. The molecule has 0 bridgehead atoms. The molecule has 2 amide bonds. The van der Waals surface area contributed by atoms with Gasteiger partial charge >= 0.3 is 0 Å². The van der Waals surface area contributed by atoms with Crippen LogP contribution in [-0.2, 0) is 9.59 Å². The van der Waals surface area contributed by atoms with E-state index in [0.717, 1.165) is 19.3 Å². The summed E-state index contributed by atoms with van der Waals surface area (Å²) in [6, 6.07) is 3.27. The number of hydroxylamine groups is 3. The highest BCUT2D eigenvalue weighted by atomic mass is 16.6. The molecule has 0 aromatic carbocycles. The number of unbranched alkanes of at least 4 members (excludes halogenated alkanes) is 2. The summed E-state index contributed by atoms with van der Waals surface area (Å²) in [6.45, 7) is 1.82. The number of methoxy groups -OCH3 is 1. The van der Waals surface area contributed by atoms with E-state index in [2.05, 4.69) is 10.4 Å². The Hall–Kier alpha value is -2.39. The minimum Gasteiger partial charge on any atom is -0.493 e. The standard InChI is InChI=1S/C15H24N4O5/c1-3-4-5-7-12(10-18(22)11-20)15(21)19(23)17-14-13(24-2)8-6-9-16-14/h6,8-9,11-12,22-23H,3-5,7,10H2,1-2H3,(H,16,17)/t12-/m1/s1. The zero-order valence-electron chi connectivity index (χ0n) is 13.9. The number of anilines is 1. The second-order valence-corrected chi connectivity index (χ2v) is 5.24. The molecule has 9 nitrogen and oxygen atoms in total. The molecule has 0 spiro atoms. The molecule has 9 heteroatoms. The summed E-state index contributed by atoms with van der Waals surface area (Å²) in [5.41, 5.74) is 2.44. The molecule has 0 saturated heterocycles. The highest BCUT2D eigenvalue weighted by Crippen LogP contribution is 2.21. The Kier molecular flexibility index (Phi) is 8.52. The van der Waals surface area contributed by atoms with Crippen molar-refractivity contribution in [2.75, 3.05) is 19.1 Å². The molecule has 0 radical (unpaired) electrons. The van der Waals surface area contributed by atoms with Crippen LogP contribution in [0.3, 0.4) is 0 Å². The molecule has 134 valence electrons. The fraction of sp³-hybridized carbons (Fsp3) is 0.533. The molecule has 0 unspecified atom stereocenters. The second kappa shape index (κ2) is 10.4. The van der Waals surface area contributed by atoms with Crippen molar-refractivity contribution in [3.63, 3.8) is 0 Å². The number of carbonyl (C=O) groups is 2. The van der Waals surface area contributed by atoms with Crippen LogP contribution in [-0.4, -0.2) is 51.6 Å². The number of aromatic nitrogens is 1. The molecule has 0 aliphatic rings. The summed E-state index contributed by atoms with van der Waals surface area (Å²) in [4.78, 5) is 26.9. The number of rotatable bonds is 11. The number of amides is 2. The highest BCUT2D eigenvalue weighted by Gasteiger charge is 2.26. The number of ether oxygens (including phenoxy) is 1. The normalized spacial score (nSPS) is 11.5. The largest absolute Gasteiger partial charge is 0.493 e. The van der Waals surface area contributed by atoms with Crippen LogP contribution in [0.5, 0.6) is 5.75 Å². The predicted octanol–water partition coefficient (Wildman–Crippen LogP) is 1.68. The summed E-state index contributed by atoms with van der Waals surface area (Å²) in [6.07, 6.45) is 4.73. The Balaban J connectivity index is 2.77. The average Bonchev–Trinajstić information content (AvgIpc) is 2.60. The molecule has 1 aromatic heterocycles. The number of nitrogens with one attached hydrogen (secondary N) is 1. The van der Waals surface area contributed by atoms with Crippen LogP contribution >= 0.6 is 0 Å². The fourth-order valence-electron chi connectivity index (χ4n) is 2.17. The Labute approximate surface area is 140 Å². The van der Waals surface area contributed by atoms with Crippen LogP contribution in [0.2, 0.25) is 0 Å². The number of hydrogen-bond acceptors (Lipinski definition) is 7. The van der Waals surface area contributed by atoms with Gasteiger partial charge in [0.05, 0.1) is 19.6 Å². The lowest BCUT2D eigenvalue weighted by atomic mass is 10.0. The van der Waals surface area contributed by atoms with Gasteiger partial charge in [-0.05, 0) is 18.6 Å². The minimum atomic E-state index is -0.751. The van der Waals surface area contributed by atoms with Crippen LogP contribution in [0, 0.1) is 5.92 Å². The lowest BCUT2D eigenvalue weighted by molar-refractivity contribution is -0.172. The predicted molar refractivity (Wildman–Crippen MR) is 85.2 cm³/mol. The molecule has 1 heterocycles. The first kappa shape index (κ1) is 19.7. The van der Waals surface area contributed by atoms with E-state index in [1.54, 1.807) is 12.1 Å². The monoisotopic (exact) mass is 340 g/mol. The quantitative estimate of drug-likeness (QED) is 0.243. The summed E-state index contributed by atoms with van der Waals surface area (Å²) in [5.74, 6) is -0.915. The van der Waals surface area contributed by atoms with Crippen molar-refractivity contribution >= 4 is 18.1 Å². The zero-order valence-corrected chi connectivity index (χ0v) is 13.9. The van der Waals surface area contributed by atoms with Gasteiger partial charge in [0.25, 0.3) is 5.91 Å². The van der Waals surface area contributed by atoms with E-state index >= 15 is 0 Å². The van der Waals surface area contributed by atoms with Crippen LogP contribution in [0.15, 0.2) is 18.3 Å². The highest BCUT2D eigenvalue weighted by molar-refractivity contribution is 5.79. The molecule has 0 aliphatic carbocycles. The number of nitrogens with zero attached hydrogens (tertiary/aromatic N) is 3. The van der Waals surface area contributed by atoms with Gasteiger partial charge in [-0.2, -0.15) is 0 Å². The lowest BCUT2D eigenvalue weighted by Gasteiger charge is -2.24. The van der Waals surface area contributed by atoms with Crippen molar-refractivity contribution in [1.82, 2.24) is 15.2 Å². The van der Waals surface area contributed by atoms with Gasteiger partial charge in [0.1, 0.15) is 0 Å². The average molecular weight is 340 g/mol. The maximum atomic E-state index is 12.4. The van der Waals surface area contributed by atoms with Crippen molar-refractivity contribution in [3.05, 3.63) is 18.3 Å². The van der Waals surface area contributed by atoms with E-state index in [9.17, 15) is 20.0 Å². The molecule has 0 saturated carbocycles. The van der Waals surface area contributed by atoms with Gasteiger partial charge in [-0.15, -0.1) is 5.17 Å². The fourth-order valence-corrected chi connectivity index (χ4v) is 2.17. The second-order valence-electron chi connectivity index (χ2n) is 5.24. The van der Waals surface area contributed by atoms with Crippen molar-refractivity contribution in [1.29, 1.82) is 0 Å². The molecular formula is C15H24N4O5. The van der Waals surface area contributed by atoms with E-state index in [1.165, 1.54) is 13.3 Å². The Morgan fingerprint density at radius 2 is 2.21 bits per heavy atom. The van der Waals surface area contributed by atoms with Gasteiger partial charge in [-0.25, -0.2) is 10.0 Å². The van der Waals surface area contributed by atoms with Crippen molar-refractivity contribution < 1.29 is 24.7 Å². The Morgan fingerprint density at radius 1 is 1.46 bits per heavy atom. The molecular weight excluding hydrogens is 316 g/mol. The summed E-state index contributed by atoms with van der Waals surface area (Å²) in [7, 11) is 1.44. The third-order valence-electron chi connectivity index (χ3n) is 3.45. The van der Waals surface area contributed by atoms with Gasteiger partial charge in [-0.3, -0.25) is 25.4 Å². The van der Waals surface area contributed by atoms with Gasteiger partial charge < -0.3 is 4.74 Å². The molecule has 24 heavy (non-hydrogen) atoms. The number of carbonyl (C=O) groups excluding carboxylic acids is 2. The molecule has 1 atom stereocenters. The summed E-state index contributed by atoms with van der Waals surface area (Å²) < 4.78 is 5.08. The van der Waals surface area contributed by atoms with Gasteiger partial charge in [0, 0.05) is 6.20 Å². The molecule has 3 N–H and O–H groups in total. The first-order chi connectivity index (χ1) is 11.5. The third-order valence-corrected chi connectivity index (χ3v) is 3.45. The molecule has 0 fully saturated rings. The summed E-state index contributed by atoms with van der Waals surface area (Å²) in [5, 5.41) is 20.0. The maximum Gasteiger partial charge on any atom is 0.271 e. The zero-order chi connectivity index (χ0) is 17.9. The number of pyridine rings is 1. The van der Waals surface area contributed by atoms with E-state index < -0.39 is 11.8 Å². The Morgan fingerprint density at radius 3 is 2.83 bits per heavy atom. The molecule has 1 rings (SSSR count). The van der Waals surface area contributed by atoms with Crippen molar-refractivity contribution in [2.45, 2.75) is 32.6 Å². The van der Waals surface area contributed by atoms with E-state index in [1.807, 2.05) is 6.92 Å². The van der Waals surface area contributed by atoms with Crippen LogP contribution in [0.4, 0.5) is 5.82 Å². The first-order valence-corrected chi connectivity index (χ1v) is 7.72. The lowest BCUT2D eigenvalue weighted by Crippen LogP contribution is -2.42. The number of hydrazine groups is 1. The number of hydrogen-bond donors (Lipinski definition) is 3. The topological polar surface area (TPSA) is 115 Å². The van der Waals surface area contributed by atoms with Gasteiger partial charge in [0.15, 0.2) is 11.6 Å². The summed E-state index contributed by atoms with van der Waals surface area (Å²) >= 11 is 0.